The molecule has 0 aromatic heterocycles. The van der Waals surface area contributed by atoms with Gasteiger partial charge in [-0.2, -0.15) is 5.26 Å². The molecule has 0 N–H and O–H groups in total. The van der Waals surface area contributed by atoms with Crippen LogP contribution < -0.4 is 4.90 Å². The molecule has 0 bridgehead atoms. The molecule has 0 aliphatic carbocycles. The zero-order valence-corrected chi connectivity index (χ0v) is 12.9. The minimum absolute atomic E-state index is 0.542. The highest BCUT2D eigenvalue weighted by molar-refractivity contribution is 6.32. The number of piperazine rings is 1. The Balaban J connectivity index is 1.55. The van der Waals surface area contributed by atoms with Crippen LogP contribution >= 0.6 is 11.6 Å². The van der Waals surface area contributed by atoms with Crippen molar-refractivity contribution in [2.75, 3.05) is 50.8 Å². The van der Waals surface area contributed by atoms with E-state index >= 15 is 0 Å². The van der Waals surface area contributed by atoms with Crippen LogP contribution in [0.4, 0.5) is 5.69 Å². The van der Waals surface area contributed by atoms with Crippen LogP contribution in [0.1, 0.15) is 12.0 Å². The van der Waals surface area contributed by atoms with Gasteiger partial charge in [-0.1, -0.05) is 11.6 Å². The molecule has 1 atom stereocenters. The van der Waals surface area contributed by atoms with Crippen LogP contribution in [-0.2, 0) is 4.74 Å². The molecule has 1 aromatic carbocycles. The Kier molecular flexibility index (Phi) is 4.64. The van der Waals surface area contributed by atoms with Gasteiger partial charge in [-0.15, -0.1) is 0 Å². The molecule has 112 valence electrons. The molecule has 5 heteroatoms. The Bertz CT molecular complexity index is 529. The van der Waals surface area contributed by atoms with Gasteiger partial charge in [0.2, 0.25) is 0 Å². The third-order valence-corrected chi connectivity index (χ3v) is 4.66. The average molecular weight is 306 g/mol. The second kappa shape index (κ2) is 6.65. The molecule has 0 saturated carbocycles. The molecule has 1 aromatic rings. The quantitative estimate of drug-likeness (QED) is 0.859. The molecule has 0 radical (unpaired) electrons. The van der Waals surface area contributed by atoms with Crippen molar-refractivity contribution < 1.29 is 4.74 Å². The van der Waals surface area contributed by atoms with Crippen molar-refractivity contribution in [3.63, 3.8) is 0 Å². The van der Waals surface area contributed by atoms with Crippen LogP contribution in [0, 0.1) is 17.2 Å². The monoisotopic (exact) mass is 305 g/mol. The van der Waals surface area contributed by atoms with E-state index in [1.807, 2.05) is 12.1 Å². The van der Waals surface area contributed by atoms with E-state index in [-0.39, 0.29) is 0 Å². The van der Waals surface area contributed by atoms with E-state index in [9.17, 15) is 0 Å². The van der Waals surface area contributed by atoms with Crippen LogP contribution in [0.15, 0.2) is 18.2 Å². The number of rotatable bonds is 3. The first-order chi connectivity index (χ1) is 10.3. The van der Waals surface area contributed by atoms with Gasteiger partial charge in [0.25, 0.3) is 0 Å². The zero-order chi connectivity index (χ0) is 14.7. The number of halogens is 1. The Labute approximate surface area is 130 Å². The van der Waals surface area contributed by atoms with Crippen molar-refractivity contribution in [3.05, 3.63) is 28.8 Å². The number of hydrogen-bond acceptors (Lipinski definition) is 4. The minimum Gasteiger partial charge on any atom is -0.381 e. The van der Waals surface area contributed by atoms with Gasteiger partial charge >= 0.3 is 0 Å². The number of nitrogens with zero attached hydrogens (tertiary/aromatic N) is 3. The lowest BCUT2D eigenvalue weighted by atomic mass is 10.1. The summed E-state index contributed by atoms with van der Waals surface area (Å²) < 4.78 is 5.45. The Morgan fingerprint density at radius 1 is 1.29 bits per heavy atom. The molecule has 2 heterocycles. The van der Waals surface area contributed by atoms with Crippen molar-refractivity contribution in [2.45, 2.75) is 6.42 Å². The van der Waals surface area contributed by atoms with E-state index < -0.39 is 0 Å². The molecular weight excluding hydrogens is 286 g/mol. The fraction of sp³-hybridized carbons (Fsp3) is 0.562. The highest BCUT2D eigenvalue weighted by atomic mass is 35.5. The van der Waals surface area contributed by atoms with Gasteiger partial charge < -0.3 is 9.64 Å². The summed E-state index contributed by atoms with van der Waals surface area (Å²) in [5, 5.41) is 9.47. The van der Waals surface area contributed by atoms with Gasteiger partial charge in [0.1, 0.15) is 6.07 Å². The first kappa shape index (κ1) is 14.6. The Morgan fingerprint density at radius 2 is 2.10 bits per heavy atom. The lowest BCUT2D eigenvalue weighted by molar-refractivity contribution is 0.164. The highest BCUT2D eigenvalue weighted by Crippen LogP contribution is 2.24. The van der Waals surface area contributed by atoms with Crippen molar-refractivity contribution in [1.29, 1.82) is 5.26 Å². The number of nitriles is 1. The summed E-state index contributed by atoms with van der Waals surface area (Å²) in [6, 6.07) is 7.80. The number of ether oxygens (including phenoxy) is 1. The normalized spacial score (nSPS) is 23.2. The highest BCUT2D eigenvalue weighted by Gasteiger charge is 2.23. The maximum atomic E-state index is 8.93. The summed E-state index contributed by atoms with van der Waals surface area (Å²) in [5.41, 5.74) is 1.66. The summed E-state index contributed by atoms with van der Waals surface area (Å²) in [6.07, 6.45) is 1.20. The molecule has 2 fully saturated rings. The predicted octanol–water partition coefficient (Wildman–Crippen LogP) is 2.37. The predicted molar refractivity (Wildman–Crippen MR) is 83.7 cm³/mol. The second-order valence-electron chi connectivity index (χ2n) is 5.79. The van der Waals surface area contributed by atoms with Gasteiger partial charge in [-0.25, -0.2) is 0 Å². The zero-order valence-electron chi connectivity index (χ0n) is 12.1. The Hall–Kier alpha value is -1.28. The van der Waals surface area contributed by atoms with Crippen LogP contribution in [0.3, 0.4) is 0 Å². The SMILES string of the molecule is N#Cc1ccc(N2CCN(CC3CCOC3)CC2)cc1Cl. The van der Waals surface area contributed by atoms with Gasteiger partial charge in [0, 0.05) is 45.0 Å². The molecule has 21 heavy (non-hydrogen) atoms. The molecule has 4 nitrogen and oxygen atoms in total. The van der Waals surface area contributed by atoms with Crippen molar-refractivity contribution in [3.8, 4) is 6.07 Å². The molecular formula is C16H20ClN3O. The maximum absolute atomic E-state index is 8.93. The minimum atomic E-state index is 0.542. The van der Waals surface area contributed by atoms with Gasteiger partial charge in [-0.3, -0.25) is 4.90 Å². The number of anilines is 1. The third-order valence-electron chi connectivity index (χ3n) is 4.35. The van der Waals surface area contributed by atoms with Gasteiger partial charge in [-0.05, 0) is 30.5 Å². The second-order valence-corrected chi connectivity index (χ2v) is 6.20. The van der Waals surface area contributed by atoms with E-state index in [1.165, 1.54) is 6.42 Å². The summed E-state index contributed by atoms with van der Waals surface area (Å²) >= 11 is 6.12. The maximum Gasteiger partial charge on any atom is 0.101 e. The fourth-order valence-corrected chi connectivity index (χ4v) is 3.29. The smallest absolute Gasteiger partial charge is 0.101 e. The van der Waals surface area contributed by atoms with E-state index in [0.29, 0.717) is 16.5 Å². The fourth-order valence-electron chi connectivity index (χ4n) is 3.07. The summed E-state index contributed by atoms with van der Waals surface area (Å²) in [6.45, 7) is 7.18. The molecule has 3 rings (SSSR count). The van der Waals surface area contributed by atoms with Crippen molar-refractivity contribution in [2.24, 2.45) is 5.92 Å². The molecule has 2 saturated heterocycles. The van der Waals surface area contributed by atoms with Crippen LogP contribution in [0.25, 0.3) is 0 Å². The number of benzene rings is 1. The summed E-state index contributed by atoms with van der Waals surface area (Å²) in [7, 11) is 0. The molecule has 2 aliphatic heterocycles. The van der Waals surface area contributed by atoms with E-state index in [4.69, 9.17) is 21.6 Å². The molecule has 1 unspecified atom stereocenters. The van der Waals surface area contributed by atoms with E-state index in [2.05, 4.69) is 15.9 Å². The number of hydrogen-bond donors (Lipinski definition) is 0. The Morgan fingerprint density at radius 3 is 2.71 bits per heavy atom. The van der Waals surface area contributed by atoms with E-state index in [1.54, 1.807) is 6.07 Å². The van der Waals surface area contributed by atoms with Crippen molar-refractivity contribution in [1.82, 2.24) is 4.90 Å². The molecule has 2 aliphatic rings. The third kappa shape index (κ3) is 3.49. The van der Waals surface area contributed by atoms with Gasteiger partial charge in [0.05, 0.1) is 17.2 Å². The van der Waals surface area contributed by atoms with Gasteiger partial charge in [0.15, 0.2) is 0 Å². The first-order valence-corrected chi connectivity index (χ1v) is 7.89. The first-order valence-electron chi connectivity index (χ1n) is 7.51. The summed E-state index contributed by atoms with van der Waals surface area (Å²) in [4.78, 5) is 4.87. The van der Waals surface area contributed by atoms with Crippen LogP contribution in [0.2, 0.25) is 5.02 Å². The largest absolute Gasteiger partial charge is 0.381 e. The molecule has 0 spiro atoms. The lowest BCUT2D eigenvalue weighted by Crippen LogP contribution is -2.47. The summed E-state index contributed by atoms with van der Waals surface area (Å²) in [5.74, 6) is 0.709. The van der Waals surface area contributed by atoms with Crippen LogP contribution in [0.5, 0.6) is 0 Å². The lowest BCUT2D eigenvalue weighted by Gasteiger charge is -2.37. The standard InChI is InChI=1S/C16H20ClN3O/c17-16-9-15(2-1-14(16)10-18)20-6-4-19(5-7-20)11-13-3-8-21-12-13/h1-2,9,13H,3-8,11-12H2. The van der Waals surface area contributed by atoms with Crippen molar-refractivity contribution >= 4 is 17.3 Å². The topological polar surface area (TPSA) is 39.5 Å². The van der Waals surface area contributed by atoms with E-state index in [0.717, 1.165) is 51.6 Å². The molecule has 0 amide bonds. The van der Waals surface area contributed by atoms with Crippen LogP contribution in [-0.4, -0.2) is 50.8 Å². The average Bonchev–Trinajstić information content (AvgIpc) is 3.01.